The molecule has 6 heteroatoms. The van der Waals surface area contributed by atoms with E-state index >= 15 is 0 Å². The second-order valence-corrected chi connectivity index (χ2v) is 6.91. The Morgan fingerprint density at radius 3 is 1.12 bits per heavy atom. The Morgan fingerprint density at radius 1 is 0.458 bits per heavy atom. The predicted octanol–water partition coefficient (Wildman–Crippen LogP) is 6.55. The van der Waals surface area contributed by atoms with Crippen LogP contribution in [0.25, 0.3) is 0 Å². The van der Waals surface area contributed by atoms with Gasteiger partial charge in [-0.3, -0.25) is 0 Å². The Balaban J connectivity index is 2.11. The van der Waals surface area contributed by atoms with Crippen molar-refractivity contribution in [3.8, 4) is 0 Å². The summed E-state index contributed by atoms with van der Waals surface area (Å²) in [6, 6.07) is 17.2. The minimum Gasteiger partial charge on any atom is -0.202 e. The van der Waals surface area contributed by atoms with Crippen LogP contribution in [0.5, 0.6) is 0 Å². The van der Waals surface area contributed by atoms with E-state index in [1.165, 1.54) is 0 Å². The van der Waals surface area contributed by atoms with Crippen LogP contribution in [0.3, 0.4) is 0 Å². The zero-order valence-electron chi connectivity index (χ0n) is 12.1. The Kier molecular flexibility index (Phi) is 5.16. The van der Waals surface area contributed by atoms with Gasteiger partial charge in [-0.25, -0.2) is 17.6 Å². The molecule has 0 unspecified atom stereocenters. The van der Waals surface area contributed by atoms with E-state index in [4.69, 9.17) is 0 Å². The van der Waals surface area contributed by atoms with Crippen molar-refractivity contribution in [2.75, 3.05) is 0 Å². The molecule has 24 heavy (non-hydrogen) atoms. The van der Waals surface area contributed by atoms with Crippen molar-refractivity contribution in [3.05, 3.63) is 83.9 Å². The number of rotatable bonds is 4. The molecule has 3 aromatic rings. The van der Waals surface area contributed by atoms with Gasteiger partial charge in [-0.05, 0) is 24.3 Å². The molecule has 0 nitrogen and oxygen atoms in total. The van der Waals surface area contributed by atoms with Crippen molar-refractivity contribution < 1.29 is 17.6 Å². The van der Waals surface area contributed by atoms with Crippen molar-refractivity contribution in [2.24, 2.45) is 0 Å². The van der Waals surface area contributed by atoms with Crippen LogP contribution < -0.4 is 0 Å². The lowest BCUT2D eigenvalue weighted by Gasteiger charge is -2.13. The summed E-state index contributed by atoms with van der Waals surface area (Å²) in [5, 5.41) is 0. The third kappa shape index (κ3) is 3.44. The minimum atomic E-state index is -1.80. The van der Waals surface area contributed by atoms with Crippen molar-refractivity contribution in [1.29, 1.82) is 0 Å². The molecular weight excluding hydrogens is 356 g/mol. The van der Waals surface area contributed by atoms with E-state index in [2.05, 4.69) is 0 Å². The van der Waals surface area contributed by atoms with Crippen molar-refractivity contribution >= 4 is 23.5 Å². The summed E-state index contributed by atoms with van der Waals surface area (Å²) in [7, 11) is 0. The summed E-state index contributed by atoms with van der Waals surface area (Å²) < 4.78 is 55.9. The second-order valence-electron chi connectivity index (χ2n) is 4.74. The Morgan fingerprint density at radius 2 is 0.792 bits per heavy atom. The first-order valence-electron chi connectivity index (χ1n) is 6.89. The molecule has 0 aliphatic rings. The normalized spacial score (nSPS) is 10.8. The zero-order valence-corrected chi connectivity index (χ0v) is 13.7. The Labute approximate surface area is 144 Å². The highest BCUT2D eigenvalue weighted by Gasteiger charge is 2.26. The van der Waals surface area contributed by atoms with E-state index in [1.807, 2.05) is 0 Å². The van der Waals surface area contributed by atoms with Crippen LogP contribution in [-0.2, 0) is 0 Å². The third-order valence-electron chi connectivity index (χ3n) is 3.11. The molecule has 0 N–H and O–H groups in total. The number of benzene rings is 3. The molecule has 0 amide bonds. The third-order valence-corrected chi connectivity index (χ3v) is 5.43. The van der Waals surface area contributed by atoms with Crippen LogP contribution in [-0.4, -0.2) is 0 Å². The first-order chi connectivity index (χ1) is 11.6. The topological polar surface area (TPSA) is 0 Å². The fourth-order valence-corrected chi connectivity index (χ4v) is 4.02. The van der Waals surface area contributed by atoms with E-state index < -0.39 is 23.3 Å². The largest absolute Gasteiger partial charge is 0.202 e. The molecular formula is C18H10F4S2. The average molecular weight is 366 g/mol. The van der Waals surface area contributed by atoms with Crippen LogP contribution >= 0.6 is 23.5 Å². The molecule has 0 saturated carbocycles. The standard InChI is InChI=1S/C18H10F4S2/c19-13-14(20)16(22)18(24-12-9-5-2-6-10-12)17(15(13)21)23-11-7-3-1-4-8-11/h1-10H. The van der Waals surface area contributed by atoms with E-state index in [-0.39, 0.29) is 9.79 Å². The van der Waals surface area contributed by atoms with Crippen molar-refractivity contribution in [2.45, 2.75) is 19.6 Å². The number of hydrogen-bond donors (Lipinski definition) is 0. The monoisotopic (exact) mass is 366 g/mol. The SMILES string of the molecule is Fc1c(F)c(F)c(Sc2ccccc2)c(Sc2ccccc2)c1F. The average Bonchev–Trinajstić information content (AvgIpc) is 2.63. The maximum Gasteiger partial charge on any atom is 0.198 e. The lowest BCUT2D eigenvalue weighted by Crippen LogP contribution is -2.01. The van der Waals surface area contributed by atoms with Gasteiger partial charge >= 0.3 is 0 Å². The molecule has 0 aliphatic carbocycles. The van der Waals surface area contributed by atoms with Crippen LogP contribution in [0.15, 0.2) is 80.2 Å². The fourth-order valence-electron chi connectivity index (χ4n) is 1.99. The summed E-state index contributed by atoms with van der Waals surface area (Å²) >= 11 is 1.71. The van der Waals surface area contributed by atoms with Gasteiger partial charge in [0, 0.05) is 9.79 Å². The van der Waals surface area contributed by atoms with Crippen LogP contribution in [0.2, 0.25) is 0 Å². The molecule has 122 valence electrons. The second kappa shape index (κ2) is 7.32. The molecule has 0 heterocycles. The molecule has 0 radical (unpaired) electrons. The molecule has 0 aliphatic heterocycles. The Hall–Kier alpha value is -1.92. The quantitative estimate of drug-likeness (QED) is 0.292. The molecule has 0 saturated heterocycles. The first kappa shape index (κ1) is 16.9. The molecule has 0 spiro atoms. The van der Waals surface area contributed by atoms with Gasteiger partial charge in [-0.15, -0.1) is 0 Å². The van der Waals surface area contributed by atoms with Gasteiger partial charge in [0.05, 0.1) is 9.79 Å². The van der Waals surface area contributed by atoms with Crippen LogP contribution in [0.4, 0.5) is 17.6 Å². The molecule has 0 aromatic heterocycles. The highest BCUT2D eigenvalue weighted by Crippen LogP contribution is 2.43. The smallest absolute Gasteiger partial charge is 0.198 e. The first-order valence-corrected chi connectivity index (χ1v) is 8.53. The minimum absolute atomic E-state index is 0.272. The lowest BCUT2D eigenvalue weighted by molar-refractivity contribution is 0.385. The van der Waals surface area contributed by atoms with Crippen molar-refractivity contribution in [1.82, 2.24) is 0 Å². The summed E-state index contributed by atoms with van der Waals surface area (Å²) in [6.07, 6.45) is 0. The molecule has 0 atom stereocenters. The molecule has 3 aromatic carbocycles. The molecule has 0 fully saturated rings. The van der Waals surface area contributed by atoms with Crippen molar-refractivity contribution in [3.63, 3.8) is 0 Å². The van der Waals surface area contributed by atoms with Gasteiger partial charge in [-0.1, -0.05) is 59.9 Å². The highest BCUT2D eigenvalue weighted by atomic mass is 32.2. The van der Waals surface area contributed by atoms with Crippen LogP contribution in [0, 0.1) is 23.3 Å². The van der Waals surface area contributed by atoms with Gasteiger partial charge < -0.3 is 0 Å². The number of halogens is 4. The van der Waals surface area contributed by atoms with Gasteiger partial charge in [0.1, 0.15) is 0 Å². The molecule has 0 bridgehead atoms. The maximum atomic E-state index is 14.3. The maximum absolute atomic E-state index is 14.3. The van der Waals surface area contributed by atoms with Gasteiger partial charge in [0.2, 0.25) is 0 Å². The Bertz CT molecular complexity index is 780. The summed E-state index contributed by atoms with van der Waals surface area (Å²) in [6.45, 7) is 0. The predicted molar refractivity (Wildman–Crippen MR) is 87.4 cm³/mol. The van der Waals surface area contributed by atoms with Gasteiger partial charge in [0.25, 0.3) is 0 Å². The van der Waals surface area contributed by atoms with E-state index in [9.17, 15) is 17.6 Å². The lowest BCUT2D eigenvalue weighted by atomic mass is 10.3. The van der Waals surface area contributed by atoms with E-state index in [1.54, 1.807) is 60.7 Å². The fraction of sp³-hybridized carbons (Fsp3) is 0. The number of hydrogen-bond acceptors (Lipinski definition) is 2. The summed E-state index contributed by atoms with van der Waals surface area (Å²) in [5.74, 6) is -6.38. The zero-order chi connectivity index (χ0) is 17.1. The van der Waals surface area contributed by atoms with Gasteiger partial charge in [-0.2, -0.15) is 0 Å². The summed E-state index contributed by atoms with van der Waals surface area (Å²) in [4.78, 5) is 0.645. The van der Waals surface area contributed by atoms with Gasteiger partial charge in [0.15, 0.2) is 23.3 Å². The molecule has 3 rings (SSSR count). The van der Waals surface area contributed by atoms with E-state index in [0.717, 1.165) is 23.5 Å². The van der Waals surface area contributed by atoms with E-state index in [0.29, 0.717) is 9.79 Å². The summed E-state index contributed by atoms with van der Waals surface area (Å²) in [5.41, 5.74) is 0. The van der Waals surface area contributed by atoms with Crippen LogP contribution in [0.1, 0.15) is 0 Å². The highest BCUT2D eigenvalue weighted by molar-refractivity contribution is 8.02.